The van der Waals surface area contributed by atoms with E-state index >= 15 is 0 Å². The Labute approximate surface area is 195 Å². The predicted octanol–water partition coefficient (Wildman–Crippen LogP) is 7.76. The maximum Gasteiger partial charge on any atom is 0.233 e. The summed E-state index contributed by atoms with van der Waals surface area (Å²) in [4.78, 5) is 0. The minimum absolute atomic E-state index is 0.0824. The molecule has 172 valence electrons. The van der Waals surface area contributed by atoms with Crippen LogP contribution in [0.4, 0.5) is 0 Å². The van der Waals surface area contributed by atoms with Crippen molar-refractivity contribution in [2.75, 3.05) is 0 Å². The molecule has 0 spiro atoms. The molecule has 0 radical (unpaired) electrons. The second-order valence-electron chi connectivity index (χ2n) is 8.90. The Morgan fingerprint density at radius 3 is 1.44 bits per heavy atom. The minimum atomic E-state index is -2.95. The molecular formula is C28H39N2OP. The summed E-state index contributed by atoms with van der Waals surface area (Å²) in [5.74, 6) is 2.24. The van der Waals surface area contributed by atoms with Gasteiger partial charge in [-0.15, -0.1) is 0 Å². The molecule has 3 nitrogen and oxygen atoms in total. The van der Waals surface area contributed by atoms with Gasteiger partial charge in [0.25, 0.3) is 0 Å². The summed E-state index contributed by atoms with van der Waals surface area (Å²) in [6.07, 6.45) is 10.1. The van der Waals surface area contributed by atoms with Gasteiger partial charge >= 0.3 is 0 Å². The highest BCUT2D eigenvalue weighted by molar-refractivity contribution is 7.63. The first-order valence-corrected chi connectivity index (χ1v) is 13.3. The fraction of sp³-hybridized carbons (Fsp3) is 0.357. The van der Waals surface area contributed by atoms with Crippen LogP contribution in [0.2, 0.25) is 0 Å². The van der Waals surface area contributed by atoms with Gasteiger partial charge in [-0.3, -0.25) is 4.57 Å². The summed E-state index contributed by atoms with van der Waals surface area (Å²) in [7, 11) is -2.95. The number of hydrogen-bond donors (Lipinski definition) is 2. The zero-order valence-corrected chi connectivity index (χ0v) is 20.8. The molecule has 0 bridgehead atoms. The highest BCUT2D eigenvalue weighted by atomic mass is 31.2. The van der Waals surface area contributed by atoms with Crippen molar-refractivity contribution in [3.63, 3.8) is 0 Å². The lowest BCUT2D eigenvalue weighted by molar-refractivity contribution is 0.424. The van der Waals surface area contributed by atoms with Gasteiger partial charge in [-0.25, -0.2) is 10.2 Å². The molecule has 4 heteroatoms. The molecule has 0 aliphatic heterocycles. The molecule has 0 saturated heterocycles. The van der Waals surface area contributed by atoms with Gasteiger partial charge in [0.1, 0.15) is 0 Å². The van der Waals surface area contributed by atoms with Crippen LogP contribution >= 0.6 is 7.44 Å². The van der Waals surface area contributed by atoms with Crippen molar-refractivity contribution >= 4 is 19.6 Å². The average Bonchev–Trinajstić information content (AvgIpc) is 2.79. The van der Waals surface area contributed by atoms with Crippen LogP contribution in [0.3, 0.4) is 0 Å². The summed E-state index contributed by atoms with van der Waals surface area (Å²) in [5.41, 5.74) is 2.34. The van der Waals surface area contributed by atoms with Crippen LogP contribution < -0.4 is 10.2 Å². The first-order chi connectivity index (χ1) is 15.3. The molecule has 2 aromatic carbocycles. The first kappa shape index (κ1) is 26.1. The molecule has 0 aliphatic carbocycles. The van der Waals surface area contributed by atoms with Gasteiger partial charge in [0, 0.05) is 12.1 Å². The van der Waals surface area contributed by atoms with Crippen LogP contribution in [0.15, 0.2) is 85.2 Å². The predicted molar refractivity (Wildman–Crippen MR) is 142 cm³/mol. The van der Waals surface area contributed by atoms with Gasteiger partial charge < -0.3 is 0 Å². The minimum Gasteiger partial charge on any atom is -0.285 e. The van der Waals surface area contributed by atoms with Crippen LogP contribution in [-0.4, -0.2) is 12.1 Å². The monoisotopic (exact) mass is 450 g/mol. The molecular weight excluding hydrogens is 411 g/mol. The fourth-order valence-electron chi connectivity index (χ4n) is 3.41. The molecule has 0 amide bonds. The molecule has 0 unspecified atom stereocenters. The lowest BCUT2D eigenvalue weighted by atomic mass is 10.0. The van der Waals surface area contributed by atoms with Crippen LogP contribution in [0.1, 0.15) is 51.7 Å². The molecule has 2 rings (SSSR count). The Balaban J connectivity index is 2.03. The quantitative estimate of drug-likeness (QED) is 0.306. The van der Waals surface area contributed by atoms with E-state index in [0.29, 0.717) is 11.8 Å². The SMILES string of the molecule is C=CP(=O)(N[C@@H](C/C=C/c1ccccc1)C(C)C)N[C@@H](C/C=C/c1ccccc1)C(C)C. The standard InChI is InChI=1S/C28H39N2OP/c1-6-32(31,29-27(23(2)3)21-13-19-25-15-9-7-10-16-25)30-28(24(4)5)22-14-20-26-17-11-8-12-18-26/h6-20,23-24,27-28H,1,21-22H2,2-5H3,(H2,29,30,31)/b19-13+,20-14+/t27-,28-/m0/s1. The van der Waals surface area contributed by atoms with Crippen molar-refractivity contribution in [2.24, 2.45) is 11.8 Å². The van der Waals surface area contributed by atoms with E-state index in [1.807, 2.05) is 36.4 Å². The second-order valence-corrected chi connectivity index (χ2v) is 11.1. The average molecular weight is 451 g/mol. The Morgan fingerprint density at radius 2 is 1.12 bits per heavy atom. The summed E-state index contributed by atoms with van der Waals surface area (Å²) >= 11 is 0. The van der Waals surface area contributed by atoms with E-state index in [9.17, 15) is 4.57 Å². The first-order valence-electron chi connectivity index (χ1n) is 11.5. The molecule has 32 heavy (non-hydrogen) atoms. The van der Waals surface area contributed by atoms with E-state index in [2.05, 4.69) is 93.0 Å². The topological polar surface area (TPSA) is 41.1 Å². The van der Waals surface area contributed by atoms with Crippen LogP contribution in [0, 0.1) is 11.8 Å². The summed E-state index contributed by atoms with van der Waals surface area (Å²) in [5, 5.41) is 6.82. The van der Waals surface area contributed by atoms with Gasteiger partial charge in [0.05, 0.1) is 0 Å². The largest absolute Gasteiger partial charge is 0.285 e. The van der Waals surface area contributed by atoms with E-state index in [1.54, 1.807) is 5.82 Å². The number of hydrogen-bond acceptors (Lipinski definition) is 1. The number of nitrogens with one attached hydrogen (secondary N) is 2. The third-order valence-corrected chi connectivity index (χ3v) is 7.53. The molecule has 0 aliphatic rings. The maximum absolute atomic E-state index is 13.7. The lowest BCUT2D eigenvalue weighted by Gasteiger charge is -2.31. The highest BCUT2D eigenvalue weighted by Crippen LogP contribution is 2.41. The number of benzene rings is 2. The normalized spacial score (nSPS) is 14.4. The molecule has 2 N–H and O–H groups in total. The Kier molecular flexibility index (Phi) is 10.9. The molecule has 0 aromatic heterocycles. The van der Waals surface area contributed by atoms with E-state index < -0.39 is 7.44 Å². The smallest absolute Gasteiger partial charge is 0.233 e. The summed E-state index contributed by atoms with van der Waals surface area (Å²) in [6.45, 7) is 12.5. The van der Waals surface area contributed by atoms with Crippen molar-refractivity contribution in [1.82, 2.24) is 10.2 Å². The zero-order chi connectivity index (χ0) is 23.4. The van der Waals surface area contributed by atoms with Gasteiger partial charge in [-0.1, -0.05) is 119 Å². The van der Waals surface area contributed by atoms with E-state index in [-0.39, 0.29) is 12.1 Å². The second kappa shape index (κ2) is 13.4. The van der Waals surface area contributed by atoms with Gasteiger partial charge in [0.15, 0.2) is 0 Å². The fourth-order valence-corrected chi connectivity index (χ4v) is 5.49. The van der Waals surface area contributed by atoms with Crippen LogP contribution in [0.5, 0.6) is 0 Å². The van der Waals surface area contributed by atoms with Crippen LogP contribution in [-0.2, 0) is 4.57 Å². The van der Waals surface area contributed by atoms with Crippen molar-refractivity contribution in [2.45, 2.75) is 52.6 Å². The molecule has 0 saturated carbocycles. The Bertz CT molecular complexity index is 834. The third kappa shape index (κ3) is 9.12. The van der Waals surface area contributed by atoms with Crippen molar-refractivity contribution in [3.8, 4) is 0 Å². The zero-order valence-electron chi connectivity index (χ0n) is 19.9. The molecule has 0 heterocycles. The van der Waals surface area contributed by atoms with Crippen molar-refractivity contribution in [3.05, 3.63) is 96.3 Å². The number of rotatable bonds is 13. The Morgan fingerprint density at radius 1 is 0.750 bits per heavy atom. The third-order valence-electron chi connectivity index (χ3n) is 5.58. The lowest BCUT2D eigenvalue weighted by Crippen LogP contribution is -2.39. The van der Waals surface area contributed by atoms with E-state index in [0.717, 1.165) is 12.8 Å². The van der Waals surface area contributed by atoms with E-state index in [1.165, 1.54) is 11.1 Å². The summed E-state index contributed by atoms with van der Waals surface area (Å²) in [6, 6.07) is 20.7. The maximum atomic E-state index is 13.7. The van der Waals surface area contributed by atoms with E-state index in [4.69, 9.17) is 0 Å². The van der Waals surface area contributed by atoms with Gasteiger partial charge in [-0.2, -0.15) is 0 Å². The van der Waals surface area contributed by atoms with Gasteiger partial charge in [0.2, 0.25) is 7.44 Å². The molecule has 0 fully saturated rings. The van der Waals surface area contributed by atoms with Crippen molar-refractivity contribution < 1.29 is 4.57 Å². The molecule has 2 aromatic rings. The molecule has 2 atom stereocenters. The Hall–Kier alpha value is -2.19. The van der Waals surface area contributed by atoms with Crippen molar-refractivity contribution in [1.29, 1.82) is 0 Å². The summed E-state index contributed by atoms with van der Waals surface area (Å²) < 4.78 is 13.7. The van der Waals surface area contributed by atoms with Gasteiger partial charge in [-0.05, 0) is 41.6 Å². The van der Waals surface area contributed by atoms with Crippen LogP contribution in [0.25, 0.3) is 12.2 Å². The highest BCUT2D eigenvalue weighted by Gasteiger charge is 2.27.